The molecule has 0 spiro atoms. The van der Waals surface area contributed by atoms with Crippen LogP contribution in [0.2, 0.25) is 10.0 Å². The number of halogens is 2. The van der Waals surface area contributed by atoms with Gasteiger partial charge in [0.2, 0.25) is 0 Å². The van der Waals surface area contributed by atoms with Crippen LogP contribution in [-0.4, -0.2) is 19.8 Å². The molecule has 146 valence electrons. The van der Waals surface area contributed by atoms with Crippen LogP contribution in [0.25, 0.3) is 27.9 Å². The number of fused-ring (bicyclic) bond motifs is 1. The molecule has 0 N–H and O–H groups in total. The fourth-order valence-electron chi connectivity index (χ4n) is 3.24. The molecular formula is C22H18Cl2N4O. The summed E-state index contributed by atoms with van der Waals surface area (Å²) in [5.74, 6) is 0.291. The van der Waals surface area contributed by atoms with Crippen LogP contribution in [0.4, 0.5) is 0 Å². The molecule has 0 saturated carbocycles. The molecule has 0 radical (unpaired) electrons. The number of hydrogen-bond acceptors (Lipinski definition) is 4. The van der Waals surface area contributed by atoms with E-state index >= 15 is 0 Å². The first-order valence-corrected chi connectivity index (χ1v) is 9.99. The predicted molar refractivity (Wildman–Crippen MR) is 116 cm³/mol. The largest absolute Gasteiger partial charge is 0.296 e. The molecule has 0 bridgehead atoms. The highest BCUT2D eigenvalue weighted by atomic mass is 35.5. The van der Waals surface area contributed by atoms with Gasteiger partial charge < -0.3 is 0 Å². The van der Waals surface area contributed by atoms with Crippen molar-refractivity contribution in [2.75, 3.05) is 0 Å². The second-order valence-electron chi connectivity index (χ2n) is 7.23. The molecule has 5 nitrogen and oxygen atoms in total. The molecule has 0 atom stereocenters. The minimum Gasteiger partial charge on any atom is -0.265 e. The second-order valence-corrected chi connectivity index (χ2v) is 8.11. The molecule has 2 aromatic heterocycles. The lowest BCUT2D eigenvalue weighted by Gasteiger charge is -2.13. The molecule has 0 unspecified atom stereocenters. The summed E-state index contributed by atoms with van der Waals surface area (Å²) in [5.41, 5.74) is 3.93. The lowest BCUT2D eigenvalue weighted by Crippen LogP contribution is -2.25. The zero-order valence-electron chi connectivity index (χ0n) is 15.9. The Morgan fingerprint density at radius 2 is 1.48 bits per heavy atom. The van der Waals surface area contributed by atoms with Crippen molar-refractivity contribution in [3.8, 4) is 22.3 Å². The van der Waals surface area contributed by atoms with Crippen molar-refractivity contribution in [3.63, 3.8) is 0 Å². The fourth-order valence-corrected chi connectivity index (χ4v) is 3.49. The summed E-state index contributed by atoms with van der Waals surface area (Å²) in [6, 6.07) is 14.8. The van der Waals surface area contributed by atoms with Gasteiger partial charge in [-0.1, -0.05) is 61.3 Å². The Kier molecular flexibility index (Phi) is 5.35. The van der Waals surface area contributed by atoms with Crippen LogP contribution < -0.4 is 5.56 Å². The topological polar surface area (TPSA) is 60.1 Å². The van der Waals surface area contributed by atoms with Crippen molar-refractivity contribution in [1.82, 2.24) is 19.8 Å². The van der Waals surface area contributed by atoms with Crippen LogP contribution in [0, 0.1) is 5.92 Å². The van der Waals surface area contributed by atoms with Gasteiger partial charge in [0.25, 0.3) is 5.56 Å². The van der Waals surface area contributed by atoms with Gasteiger partial charge in [0.15, 0.2) is 5.65 Å². The zero-order valence-corrected chi connectivity index (χ0v) is 17.4. The summed E-state index contributed by atoms with van der Waals surface area (Å²) >= 11 is 12.1. The van der Waals surface area contributed by atoms with Crippen molar-refractivity contribution in [2.24, 2.45) is 5.92 Å². The minimum atomic E-state index is -0.249. The van der Waals surface area contributed by atoms with E-state index in [0.29, 0.717) is 33.7 Å². The molecule has 0 aliphatic rings. The average Bonchev–Trinajstić information content (AvgIpc) is 2.70. The monoisotopic (exact) mass is 424 g/mol. The first-order chi connectivity index (χ1) is 13.9. The summed E-state index contributed by atoms with van der Waals surface area (Å²) in [6.07, 6.45) is 2.23. The van der Waals surface area contributed by atoms with Gasteiger partial charge in [-0.2, -0.15) is 9.61 Å². The molecule has 7 heteroatoms. The fraction of sp³-hybridized carbons (Fsp3) is 0.182. The van der Waals surface area contributed by atoms with Gasteiger partial charge in [-0.25, -0.2) is 0 Å². The summed E-state index contributed by atoms with van der Waals surface area (Å²) in [5, 5.41) is 14.3. The second kappa shape index (κ2) is 7.93. The van der Waals surface area contributed by atoms with Gasteiger partial charge in [-0.3, -0.25) is 4.79 Å². The van der Waals surface area contributed by atoms with Gasteiger partial charge in [-0.05, 0) is 47.7 Å². The SMILES string of the molecule is CC(C)Cc1nnc2c(-c3ccc(Cl)cc3)c(-c3ccc(Cl)cc3)cnn2c1=O. The summed E-state index contributed by atoms with van der Waals surface area (Å²) < 4.78 is 1.33. The summed E-state index contributed by atoms with van der Waals surface area (Å²) in [7, 11) is 0. The van der Waals surface area contributed by atoms with Crippen molar-refractivity contribution in [3.05, 3.63) is 80.8 Å². The lowest BCUT2D eigenvalue weighted by molar-refractivity contribution is 0.613. The quantitative estimate of drug-likeness (QED) is 0.444. The normalized spacial score (nSPS) is 11.3. The van der Waals surface area contributed by atoms with Crippen molar-refractivity contribution < 1.29 is 0 Å². The van der Waals surface area contributed by atoms with E-state index in [1.165, 1.54) is 4.52 Å². The lowest BCUT2D eigenvalue weighted by atomic mass is 9.97. The van der Waals surface area contributed by atoms with E-state index in [-0.39, 0.29) is 5.56 Å². The molecular weight excluding hydrogens is 407 g/mol. The van der Waals surface area contributed by atoms with E-state index < -0.39 is 0 Å². The Morgan fingerprint density at radius 3 is 2.07 bits per heavy atom. The van der Waals surface area contributed by atoms with Gasteiger partial charge in [0.05, 0.1) is 6.20 Å². The van der Waals surface area contributed by atoms with Crippen LogP contribution in [0.5, 0.6) is 0 Å². The Hall–Kier alpha value is -2.76. The number of hydrogen-bond donors (Lipinski definition) is 0. The highest BCUT2D eigenvalue weighted by molar-refractivity contribution is 6.31. The van der Waals surface area contributed by atoms with Gasteiger partial charge in [0.1, 0.15) is 5.69 Å². The van der Waals surface area contributed by atoms with Crippen LogP contribution in [0.15, 0.2) is 59.5 Å². The number of rotatable bonds is 4. The Morgan fingerprint density at radius 1 is 0.897 bits per heavy atom. The maximum absolute atomic E-state index is 13.0. The van der Waals surface area contributed by atoms with E-state index in [0.717, 1.165) is 22.3 Å². The molecule has 4 aromatic rings. The molecule has 29 heavy (non-hydrogen) atoms. The van der Waals surface area contributed by atoms with Crippen molar-refractivity contribution in [1.29, 1.82) is 0 Å². The predicted octanol–water partition coefficient (Wildman–Crippen LogP) is 5.32. The maximum Gasteiger partial charge on any atom is 0.296 e. The Balaban J connectivity index is 2.03. The molecule has 0 aliphatic heterocycles. The van der Waals surface area contributed by atoms with Gasteiger partial charge in [-0.15, -0.1) is 10.2 Å². The number of nitrogens with zero attached hydrogens (tertiary/aromatic N) is 4. The Labute approximate surface area is 177 Å². The van der Waals surface area contributed by atoms with E-state index in [4.69, 9.17) is 23.2 Å². The summed E-state index contributed by atoms with van der Waals surface area (Å²) in [6.45, 7) is 4.07. The van der Waals surface area contributed by atoms with E-state index in [9.17, 15) is 4.79 Å². The molecule has 2 heterocycles. The third kappa shape index (κ3) is 3.88. The smallest absolute Gasteiger partial charge is 0.265 e. The van der Waals surface area contributed by atoms with Crippen LogP contribution in [0.3, 0.4) is 0 Å². The number of aromatic nitrogens is 4. The number of benzene rings is 2. The van der Waals surface area contributed by atoms with E-state index in [2.05, 4.69) is 15.3 Å². The van der Waals surface area contributed by atoms with Crippen LogP contribution >= 0.6 is 23.2 Å². The van der Waals surface area contributed by atoms with Gasteiger partial charge >= 0.3 is 0 Å². The van der Waals surface area contributed by atoms with Crippen molar-refractivity contribution >= 4 is 28.8 Å². The third-order valence-corrected chi connectivity index (χ3v) is 5.09. The molecule has 0 aliphatic carbocycles. The third-order valence-electron chi connectivity index (χ3n) is 4.59. The molecule has 0 amide bonds. The van der Waals surface area contributed by atoms with Crippen LogP contribution in [-0.2, 0) is 6.42 Å². The highest BCUT2D eigenvalue weighted by Crippen LogP contribution is 2.34. The van der Waals surface area contributed by atoms with Crippen LogP contribution in [0.1, 0.15) is 19.5 Å². The van der Waals surface area contributed by atoms with E-state index in [1.807, 2.05) is 50.2 Å². The minimum absolute atomic E-state index is 0.249. The first kappa shape index (κ1) is 19.6. The zero-order chi connectivity index (χ0) is 20.5. The van der Waals surface area contributed by atoms with E-state index in [1.54, 1.807) is 18.3 Å². The van der Waals surface area contributed by atoms with Gasteiger partial charge in [0, 0.05) is 21.2 Å². The average molecular weight is 425 g/mol. The Bertz CT molecular complexity index is 1230. The summed E-state index contributed by atoms with van der Waals surface area (Å²) in [4.78, 5) is 13.0. The molecule has 0 saturated heterocycles. The highest BCUT2D eigenvalue weighted by Gasteiger charge is 2.18. The molecule has 2 aromatic carbocycles. The standard InChI is InChI=1S/C22H18Cl2N4O/c1-13(2)11-19-22(29)28-21(27-26-19)20(15-5-9-17(24)10-6-15)18(12-25-28)14-3-7-16(23)8-4-14/h3-10,12-13H,11H2,1-2H3. The maximum atomic E-state index is 13.0. The van der Waals surface area contributed by atoms with Crippen molar-refractivity contribution in [2.45, 2.75) is 20.3 Å². The molecule has 0 fully saturated rings. The first-order valence-electron chi connectivity index (χ1n) is 9.23. The molecule has 4 rings (SSSR count).